The summed E-state index contributed by atoms with van der Waals surface area (Å²) in [6.45, 7) is 27.2. The maximum Gasteiger partial charge on any atom is 0.135 e. The third-order valence-electron chi connectivity index (χ3n) is 11.1. The number of allylic oxidation sites excluding steroid dienone is 1. The second-order valence-electron chi connectivity index (χ2n) is 19.6. The van der Waals surface area contributed by atoms with Crippen molar-refractivity contribution < 1.29 is 25.8 Å². The first-order chi connectivity index (χ1) is 27.9. The number of anilines is 2. The van der Waals surface area contributed by atoms with Crippen molar-refractivity contribution in [3.05, 3.63) is 163 Å². The zero-order chi connectivity index (χ0) is 41.9. The summed E-state index contributed by atoms with van der Waals surface area (Å²) in [5.74, 6) is 2.64. The molecule has 5 aromatic carbocycles. The SMILES string of the molecule is CC(C)Cc1cc(N2C=C(C(C)(C)C)N(c3[c-]c(Oc4[c-]c5c(cc4)c4ccccc4n5-c4cc(C(C)(C)C)ccn4)cc(-c4ccccc4)c3)[CH-]2)cc(C(C)(C)C)c1.[Pt]. The van der Waals surface area contributed by atoms with Crippen LogP contribution in [-0.2, 0) is 38.3 Å². The topological polar surface area (TPSA) is 33.5 Å². The molecule has 0 unspecified atom stereocenters. The van der Waals surface area contributed by atoms with E-state index in [4.69, 9.17) is 9.72 Å². The monoisotopic (exact) mass is 972 g/mol. The van der Waals surface area contributed by atoms with Gasteiger partial charge in [-0.3, -0.25) is 0 Å². The molecule has 6 heteroatoms. The molecule has 312 valence electrons. The van der Waals surface area contributed by atoms with Crippen LogP contribution in [0.3, 0.4) is 0 Å². The van der Waals surface area contributed by atoms with E-state index >= 15 is 0 Å². The van der Waals surface area contributed by atoms with Gasteiger partial charge in [-0.05, 0) is 87.3 Å². The van der Waals surface area contributed by atoms with Crippen LogP contribution in [0.2, 0.25) is 0 Å². The first-order valence-corrected chi connectivity index (χ1v) is 20.9. The smallest absolute Gasteiger partial charge is 0.135 e. The maximum absolute atomic E-state index is 6.83. The molecule has 0 bridgehead atoms. The van der Waals surface area contributed by atoms with Gasteiger partial charge in [0.15, 0.2) is 0 Å². The average molecular weight is 973 g/mol. The molecule has 1 aliphatic heterocycles. The minimum atomic E-state index is -0.171. The van der Waals surface area contributed by atoms with Crippen LogP contribution >= 0.6 is 0 Å². The summed E-state index contributed by atoms with van der Waals surface area (Å²) in [4.78, 5) is 9.44. The Morgan fingerprint density at radius 1 is 0.667 bits per heavy atom. The molecule has 2 aromatic heterocycles. The van der Waals surface area contributed by atoms with E-state index in [1.165, 1.54) is 22.4 Å². The zero-order valence-electron chi connectivity index (χ0n) is 36.9. The fraction of sp³-hybridized carbons (Fsp3) is 0.296. The number of pyridine rings is 1. The molecule has 3 heterocycles. The van der Waals surface area contributed by atoms with Crippen molar-refractivity contribution in [1.82, 2.24) is 9.55 Å². The number of fused-ring (bicyclic) bond motifs is 3. The van der Waals surface area contributed by atoms with Crippen molar-refractivity contribution in [2.75, 3.05) is 9.80 Å². The van der Waals surface area contributed by atoms with Gasteiger partial charge in [-0.2, -0.15) is 6.07 Å². The molecule has 5 nitrogen and oxygen atoms in total. The van der Waals surface area contributed by atoms with Gasteiger partial charge >= 0.3 is 0 Å². The standard InChI is InChI=1S/C54H57N4O.Pt/c1-36(2)25-37-26-41(53(6,7)8)30-42(27-37)56-34-50(54(9,10)11)57(35-56)43-28-39(38-17-13-12-14-18-38)29-45(32-43)59-44-21-22-47-46-19-15-16-20-48(46)58(49(47)33-44)51-31-40(23-24-55-51)52(3,4)5;/h12-24,26-31,34-36H,25H2,1-11H3;/q-3;. The van der Waals surface area contributed by atoms with Crippen LogP contribution in [0.25, 0.3) is 38.8 Å². The van der Waals surface area contributed by atoms with E-state index < -0.39 is 0 Å². The van der Waals surface area contributed by atoms with Crippen LogP contribution in [0.1, 0.15) is 92.9 Å². The van der Waals surface area contributed by atoms with E-state index in [-0.39, 0.29) is 37.3 Å². The third-order valence-corrected chi connectivity index (χ3v) is 11.1. The molecule has 60 heavy (non-hydrogen) atoms. The van der Waals surface area contributed by atoms with Crippen LogP contribution in [-0.4, -0.2) is 9.55 Å². The van der Waals surface area contributed by atoms with E-state index in [0.29, 0.717) is 17.4 Å². The molecular weight excluding hydrogens is 916 g/mol. The molecule has 0 spiro atoms. The maximum atomic E-state index is 6.83. The third kappa shape index (κ3) is 8.84. The van der Waals surface area contributed by atoms with Crippen molar-refractivity contribution in [1.29, 1.82) is 0 Å². The predicted molar refractivity (Wildman–Crippen MR) is 247 cm³/mol. The fourth-order valence-electron chi connectivity index (χ4n) is 7.96. The number of nitrogens with zero attached hydrogens (tertiary/aromatic N) is 4. The zero-order valence-corrected chi connectivity index (χ0v) is 39.2. The van der Waals surface area contributed by atoms with Crippen molar-refractivity contribution in [3.63, 3.8) is 0 Å². The largest absolute Gasteiger partial charge is 0.509 e. The summed E-state index contributed by atoms with van der Waals surface area (Å²) in [5, 5.41) is 2.24. The van der Waals surface area contributed by atoms with Crippen molar-refractivity contribution >= 4 is 33.2 Å². The normalized spacial score (nSPS) is 13.6. The Hall–Kier alpha value is -5.12. The summed E-state index contributed by atoms with van der Waals surface area (Å²) < 4.78 is 9.04. The molecule has 8 rings (SSSR count). The van der Waals surface area contributed by atoms with Gasteiger partial charge in [-0.25, -0.2) is 4.98 Å². The van der Waals surface area contributed by atoms with Crippen LogP contribution in [0.4, 0.5) is 11.4 Å². The molecular formula is C54H57N4OPt-3. The quantitative estimate of drug-likeness (QED) is 0.142. The molecule has 0 aliphatic carbocycles. The van der Waals surface area contributed by atoms with Crippen molar-refractivity contribution in [2.45, 2.75) is 93.4 Å². The number of para-hydroxylation sites is 1. The van der Waals surface area contributed by atoms with Gasteiger partial charge in [0, 0.05) is 61.1 Å². The van der Waals surface area contributed by atoms with E-state index in [1.54, 1.807) is 0 Å². The predicted octanol–water partition coefficient (Wildman–Crippen LogP) is 14.4. The summed E-state index contributed by atoms with van der Waals surface area (Å²) >= 11 is 0. The molecule has 0 N–H and O–H groups in total. The molecule has 0 atom stereocenters. The van der Waals surface area contributed by atoms with Crippen LogP contribution in [0, 0.1) is 30.1 Å². The molecule has 0 radical (unpaired) electrons. The molecule has 7 aromatic rings. The van der Waals surface area contributed by atoms with Crippen LogP contribution < -0.4 is 14.5 Å². The van der Waals surface area contributed by atoms with Gasteiger partial charge in [-0.1, -0.05) is 136 Å². The first-order valence-electron chi connectivity index (χ1n) is 20.9. The Kier molecular flexibility index (Phi) is 11.7. The summed E-state index contributed by atoms with van der Waals surface area (Å²) in [7, 11) is 0. The van der Waals surface area contributed by atoms with E-state index in [1.807, 2.05) is 12.3 Å². The fourth-order valence-corrected chi connectivity index (χ4v) is 7.96. The van der Waals surface area contributed by atoms with Gasteiger partial charge in [0.1, 0.15) is 5.82 Å². The number of ether oxygens (including phenoxy) is 1. The van der Waals surface area contributed by atoms with Crippen LogP contribution in [0.15, 0.2) is 127 Å². The summed E-state index contributed by atoms with van der Waals surface area (Å²) in [6, 6.07) is 46.2. The minimum absolute atomic E-state index is 0. The Balaban J connectivity index is 0.00000544. The molecule has 0 saturated carbocycles. The van der Waals surface area contributed by atoms with Gasteiger partial charge in [-0.15, -0.1) is 53.6 Å². The Labute approximate surface area is 372 Å². The van der Waals surface area contributed by atoms with Gasteiger partial charge in [0.2, 0.25) is 0 Å². The number of benzene rings is 5. The summed E-state index contributed by atoms with van der Waals surface area (Å²) in [5.41, 5.74) is 11.1. The van der Waals surface area contributed by atoms with Gasteiger partial charge in [0.05, 0.1) is 0 Å². The van der Waals surface area contributed by atoms with E-state index in [2.05, 4.69) is 219 Å². The Morgan fingerprint density at radius 3 is 2.08 bits per heavy atom. The minimum Gasteiger partial charge on any atom is -0.509 e. The number of hydrogen-bond acceptors (Lipinski definition) is 4. The second-order valence-corrected chi connectivity index (χ2v) is 19.6. The van der Waals surface area contributed by atoms with Crippen molar-refractivity contribution in [2.24, 2.45) is 11.3 Å². The molecule has 0 saturated heterocycles. The Bertz CT molecular complexity index is 2690. The van der Waals surface area contributed by atoms with Gasteiger partial charge in [0.25, 0.3) is 0 Å². The molecule has 0 amide bonds. The second kappa shape index (κ2) is 16.4. The molecule has 0 fully saturated rings. The number of rotatable bonds is 8. The first kappa shape index (κ1) is 43.0. The summed E-state index contributed by atoms with van der Waals surface area (Å²) in [6.07, 6.45) is 5.22. The van der Waals surface area contributed by atoms with E-state index in [0.717, 1.165) is 56.5 Å². The average Bonchev–Trinajstić information content (AvgIpc) is 3.78. The van der Waals surface area contributed by atoms with E-state index in [9.17, 15) is 0 Å². The van der Waals surface area contributed by atoms with Gasteiger partial charge < -0.3 is 19.1 Å². The number of aromatic nitrogens is 2. The molecule has 1 aliphatic rings. The Morgan fingerprint density at radius 2 is 1.38 bits per heavy atom. The van der Waals surface area contributed by atoms with Crippen LogP contribution in [0.5, 0.6) is 11.5 Å². The number of hydrogen-bond donors (Lipinski definition) is 0. The van der Waals surface area contributed by atoms with Crippen molar-refractivity contribution in [3.8, 4) is 28.4 Å².